The molecule has 2 aromatic rings. The van der Waals surface area contributed by atoms with Crippen LogP contribution in [0.2, 0.25) is 0 Å². The third-order valence-corrected chi connectivity index (χ3v) is 3.65. The summed E-state index contributed by atoms with van der Waals surface area (Å²) in [6.07, 6.45) is 3.01. The Labute approximate surface area is 139 Å². The van der Waals surface area contributed by atoms with Crippen LogP contribution in [0.1, 0.15) is 5.56 Å². The van der Waals surface area contributed by atoms with Crippen LogP contribution < -0.4 is 5.46 Å². The van der Waals surface area contributed by atoms with Crippen LogP contribution in [0.4, 0.5) is 0 Å². The lowest BCUT2D eigenvalue weighted by atomic mass is 9.75. The van der Waals surface area contributed by atoms with Crippen molar-refractivity contribution in [3.63, 3.8) is 0 Å². The number of nitrogens with zero attached hydrogens (tertiary/aromatic N) is 3. The van der Waals surface area contributed by atoms with E-state index in [-0.39, 0.29) is 13.1 Å². The first kappa shape index (κ1) is 16.1. The van der Waals surface area contributed by atoms with Gasteiger partial charge >= 0.3 is 19.1 Å². The summed E-state index contributed by atoms with van der Waals surface area (Å²) in [5.74, 6) is -0.941. The van der Waals surface area contributed by atoms with Gasteiger partial charge in [0.25, 0.3) is 0 Å². The molecule has 1 saturated heterocycles. The number of carbonyl (C=O) groups is 2. The summed E-state index contributed by atoms with van der Waals surface area (Å²) in [5.41, 5.74) is 3.18. The molecule has 0 radical (unpaired) electrons. The van der Waals surface area contributed by atoms with E-state index in [0.717, 1.165) is 11.1 Å². The molecule has 0 N–H and O–H groups in total. The number of carbonyl (C=O) groups excluding carboxylic acids is 2. The van der Waals surface area contributed by atoms with Crippen molar-refractivity contribution in [2.45, 2.75) is 6.92 Å². The van der Waals surface area contributed by atoms with E-state index >= 15 is 0 Å². The second-order valence-electron chi connectivity index (χ2n) is 5.71. The molecular formula is C16H16BN3O4. The maximum atomic E-state index is 11.9. The summed E-state index contributed by atoms with van der Waals surface area (Å²) in [4.78, 5) is 25.4. The van der Waals surface area contributed by atoms with Gasteiger partial charge in [0.15, 0.2) is 0 Å². The molecule has 1 fully saturated rings. The number of likely N-dealkylation sites (N-methyl/N-ethyl adjacent to an activating group) is 1. The molecule has 24 heavy (non-hydrogen) atoms. The first-order valence-electron chi connectivity index (χ1n) is 7.48. The van der Waals surface area contributed by atoms with Gasteiger partial charge in [-0.25, -0.2) is 0 Å². The Morgan fingerprint density at radius 1 is 1.00 bits per heavy atom. The SMILES string of the molecule is Cc1ccc(-c2cnncc2B2OC(=O)CN(C)CC(=O)O2)cc1. The van der Waals surface area contributed by atoms with Crippen LogP contribution in [0.3, 0.4) is 0 Å². The molecule has 1 aliphatic rings. The minimum Gasteiger partial charge on any atom is -0.494 e. The second kappa shape index (κ2) is 6.80. The Morgan fingerprint density at radius 2 is 1.58 bits per heavy atom. The van der Waals surface area contributed by atoms with E-state index in [2.05, 4.69) is 10.2 Å². The van der Waals surface area contributed by atoms with Gasteiger partial charge in [0.1, 0.15) is 0 Å². The third-order valence-electron chi connectivity index (χ3n) is 3.65. The Morgan fingerprint density at radius 3 is 2.21 bits per heavy atom. The minimum atomic E-state index is -1.13. The predicted octanol–water partition coefficient (Wildman–Crippen LogP) is 0.179. The van der Waals surface area contributed by atoms with E-state index in [1.807, 2.05) is 31.2 Å². The van der Waals surface area contributed by atoms with Crippen molar-refractivity contribution in [1.29, 1.82) is 0 Å². The molecule has 0 unspecified atom stereocenters. The molecule has 0 amide bonds. The van der Waals surface area contributed by atoms with Crippen molar-refractivity contribution in [3.8, 4) is 11.1 Å². The maximum Gasteiger partial charge on any atom is 0.638 e. The number of hydrogen-bond donors (Lipinski definition) is 0. The number of benzene rings is 1. The summed E-state index contributed by atoms with van der Waals surface area (Å²) in [7, 11) is 0.514. The molecule has 1 aromatic heterocycles. The average Bonchev–Trinajstić information content (AvgIpc) is 2.53. The largest absolute Gasteiger partial charge is 0.638 e. The molecule has 1 aliphatic heterocycles. The average molecular weight is 325 g/mol. The Balaban J connectivity index is 1.97. The van der Waals surface area contributed by atoms with Crippen LogP contribution in [0.5, 0.6) is 0 Å². The van der Waals surface area contributed by atoms with Crippen molar-refractivity contribution >= 4 is 24.5 Å². The highest BCUT2D eigenvalue weighted by Crippen LogP contribution is 2.18. The summed E-state index contributed by atoms with van der Waals surface area (Å²) in [5, 5.41) is 7.73. The molecular weight excluding hydrogens is 309 g/mol. The standard InChI is InChI=1S/C16H16BN3O4/c1-11-3-5-12(6-4-11)13-7-18-19-8-14(13)17-23-15(21)9-20(2)10-16(22)24-17/h3-8H,9-10H2,1-2H3. The van der Waals surface area contributed by atoms with Crippen molar-refractivity contribution in [1.82, 2.24) is 15.1 Å². The van der Waals surface area contributed by atoms with E-state index in [0.29, 0.717) is 11.0 Å². The summed E-state index contributed by atoms with van der Waals surface area (Å²) >= 11 is 0. The molecule has 1 aromatic carbocycles. The van der Waals surface area contributed by atoms with Crippen LogP contribution in [0.15, 0.2) is 36.7 Å². The zero-order valence-electron chi connectivity index (χ0n) is 13.4. The molecule has 8 heteroatoms. The second-order valence-corrected chi connectivity index (χ2v) is 5.71. The van der Waals surface area contributed by atoms with Crippen LogP contribution >= 0.6 is 0 Å². The van der Waals surface area contributed by atoms with Gasteiger partial charge in [-0.1, -0.05) is 29.8 Å². The number of rotatable bonds is 2. The highest BCUT2D eigenvalue weighted by atomic mass is 16.6. The molecule has 2 heterocycles. The van der Waals surface area contributed by atoms with Crippen LogP contribution in [0, 0.1) is 6.92 Å². The summed E-state index contributed by atoms with van der Waals surface area (Å²) < 4.78 is 10.6. The normalized spacial score (nSPS) is 16.2. The van der Waals surface area contributed by atoms with Gasteiger partial charge in [0.2, 0.25) is 0 Å². The third kappa shape index (κ3) is 3.60. The fourth-order valence-electron chi connectivity index (χ4n) is 2.45. The van der Waals surface area contributed by atoms with Gasteiger partial charge in [-0.3, -0.25) is 14.5 Å². The first-order valence-corrected chi connectivity index (χ1v) is 7.48. The van der Waals surface area contributed by atoms with Crippen LogP contribution in [-0.4, -0.2) is 54.3 Å². The highest BCUT2D eigenvalue weighted by molar-refractivity contribution is 6.66. The molecule has 0 aliphatic carbocycles. The van der Waals surface area contributed by atoms with Crippen molar-refractivity contribution in [2.75, 3.05) is 20.1 Å². The molecule has 122 valence electrons. The fourth-order valence-corrected chi connectivity index (χ4v) is 2.45. The van der Waals surface area contributed by atoms with Crippen molar-refractivity contribution in [2.24, 2.45) is 0 Å². The van der Waals surface area contributed by atoms with Gasteiger partial charge in [-0.2, -0.15) is 10.2 Å². The lowest BCUT2D eigenvalue weighted by molar-refractivity contribution is -0.145. The number of aryl methyl sites for hydroxylation is 1. The maximum absolute atomic E-state index is 11.9. The molecule has 3 rings (SSSR count). The van der Waals surface area contributed by atoms with Gasteiger partial charge in [0.05, 0.1) is 25.5 Å². The van der Waals surface area contributed by atoms with Crippen LogP contribution in [-0.2, 0) is 18.9 Å². The zero-order chi connectivity index (χ0) is 17.1. The Hall–Kier alpha value is -2.74. The Kier molecular flexibility index (Phi) is 4.57. The smallest absolute Gasteiger partial charge is 0.494 e. The predicted molar refractivity (Wildman–Crippen MR) is 87.3 cm³/mol. The van der Waals surface area contributed by atoms with Crippen molar-refractivity contribution < 1.29 is 18.9 Å². The molecule has 0 saturated carbocycles. The summed E-state index contributed by atoms with van der Waals surface area (Å²) in [6.45, 7) is 2.03. The van der Waals surface area contributed by atoms with Crippen LogP contribution in [0.25, 0.3) is 11.1 Å². The molecule has 0 atom stereocenters. The lowest BCUT2D eigenvalue weighted by Crippen LogP contribution is -2.48. The van der Waals surface area contributed by atoms with Gasteiger partial charge in [0, 0.05) is 11.0 Å². The lowest BCUT2D eigenvalue weighted by Gasteiger charge is -2.23. The van der Waals surface area contributed by atoms with E-state index in [1.54, 1.807) is 13.2 Å². The number of aromatic nitrogens is 2. The van der Waals surface area contributed by atoms with Gasteiger partial charge in [-0.05, 0) is 19.5 Å². The molecule has 0 bridgehead atoms. The van der Waals surface area contributed by atoms with E-state index < -0.39 is 19.1 Å². The van der Waals surface area contributed by atoms with Crippen molar-refractivity contribution in [3.05, 3.63) is 42.2 Å². The number of hydrogen-bond acceptors (Lipinski definition) is 7. The van der Waals surface area contributed by atoms with E-state index in [9.17, 15) is 9.59 Å². The Bertz CT molecular complexity index is 746. The topological polar surface area (TPSA) is 81.6 Å². The fraction of sp³-hybridized carbons (Fsp3) is 0.250. The quantitative estimate of drug-likeness (QED) is 0.729. The summed E-state index contributed by atoms with van der Waals surface area (Å²) in [6, 6.07) is 7.78. The zero-order valence-corrected chi connectivity index (χ0v) is 13.4. The monoisotopic (exact) mass is 325 g/mol. The van der Waals surface area contributed by atoms with Gasteiger partial charge in [-0.15, -0.1) is 0 Å². The molecule has 7 nitrogen and oxygen atoms in total. The first-order chi connectivity index (χ1) is 11.5. The van der Waals surface area contributed by atoms with Gasteiger partial charge < -0.3 is 9.31 Å². The van der Waals surface area contributed by atoms with E-state index in [1.165, 1.54) is 11.1 Å². The van der Waals surface area contributed by atoms with E-state index in [4.69, 9.17) is 9.31 Å². The molecule has 0 spiro atoms. The highest BCUT2D eigenvalue weighted by Gasteiger charge is 2.36. The minimum absolute atomic E-state index is 0.0178.